The van der Waals surface area contributed by atoms with E-state index < -0.39 is 6.36 Å². The summed E-state index contributed by atoms with van der Waals surface area (Å²) in [7, 11) is 1.94. The average Bonchev–Trinajstić information content (AvgIpc) is 3.39. The van der Waals surface area contributed by atoms with Crippen LogP contribution in [-0.4, -0.2) is 33.0 Å². The number of alkyl halides is 3. The van der Waals surface area contributed by atoms with Crippen molar-refractivity contribution in [2.24, 2.45) is 7.05 Å². The summed E-state index contributed by atoms with van der Waals surface area (Å²) in [5.74, 6) is -0.503. The first-order valence-electron chi connectivity index (χ1n) is 10.0. The molecule has 1 fully saturated rings. The van der Waals surface area contributed by atoms with Gasteiger partial charge in [-0.2, -0.15) is 5.10 Å². The first-order valence-corrected chi connectivity index (χ1v) is 10.0. The number of aromatic nitrogens is 2. The van der Waals surface area contributed by atoms with Crippen LogP contribution >= 0.6 is 0 Å². The van der Waals surface area contributed by atoms with Crippen LogP contribution in [0, 0.1) is 0 Å². The van der Waals surface area contributed by atoms with Gasteiger partial charge in [0.15, 0.2) is 0 Å². The van der Waals surface area contributed by atoms with Crippen molar-refractivity contribution in [2.45, 2.75) is 63.9 Å². The summed E-state index contributed by atoms with van der Waals surface area (Å²) in [5.41, 5.74) is 3.79. The number of hydrogen-bond donors (Lipinski definition) is 0. The summed E-state index contributed by atoms with van der Waals surface area (Å²) in [6.07, 6.45) is 2.38. The molecule has 2 aromatic rings. The molecule has 156 valence electrons. The third-order valence-electron chi connectivity index (χ3n) is 5.88. The molecule has 1 saturated carbocycles. The number of halogens is 3. The molecule has 0 bridgehead atoms. The van der Waals surface area contributed by atoms with E-state index in [1.165, 1.54) is 35.5 Å². The maximum Gasteiger partial charge on any atom is 0.573 e. The maximum absolute atomic E-state index is 13.3. The zero-order chi connectivity index (χ0) is 20.6. The standard InChI is InChI=1S/C21H24F3N3O2/c1-26-19-8-4-7-17(19)18(25-26)13-27(15-5-2-3-6-15)20(28)14-9-11-16(12-10-14)29-21(22,23)24/h9-12,15H,2-8,13H2,1H3. The van der Waals surface area contributed by atoms with Gasteiger partial charge in [-0.05, 0) is 61.9 Å². The van der Waals surface area contributed by atoms with Crippen LogP contribution in [0.4, 0.5) is 13.2 Å². The van der Waals surface area contributed by atoms with Crippen molar-refractivity contribution < 1.29 is 22.7 Å². The smallest absolute Gasteiger partial charge is 0.406 e. The van der Waals surface area contributed by atoms with Gasteiger partial charge in [0.2, 0.25) is 0 Å². The average molecular weight is 407 g/mol. The summed E-state index contributed by atoms with van der Waals surface area (Å²) in [5, 5.41) is 4.65. The third kappa shape index (κ3) is 4.26. The molecule has 29 heavy (non-hydrogen) atoms. The Morgan fingerprint density at radius 3 is 2.52 bits per heavy atom. The Morgan fingerprint density at radius 1 is 1.17 bits per heavy atom. The Morgan fingerprint density at radius 2 is 1.86 bits per heavy atom. The van der Waals surface area contributed by atoms with Crippen molar-refractivity contribution >= 4 is 5.91 Å². The molecule has 0 N–H and O–H groups in total. The van der Waals surface area contributed by atoms with E-state index in [4.69, 9.17) is 0 Å². The molecule has 0 aliphatic heterocycles. The lowest BCUT2D eigenvalue weighted by Gasteiger charge is -2.29. The first kappa shape index (κ1) is 19.8. The van der Waals surface area contributed by atoms with Gasteiger partial charge in [-0.15, -0.1) is 13.2 Å². The molecule has 0 radical (unpaired) electrons. The molecule has 4 rings (SSSR count). The highest BCUT2D eigenvalue weighted by atomic mass is 19.4. The SMILES string of the molecule is Cn1nc(CN(C(=O)c2ccc(OC(F)(F)F)cc2)C2CCCC2)c2c1CCC2. The normalized spacial score (nSPS) is 16.8. The molecule has 0 spiro atoms. The minimum absolute atomic E-state index is 0.132. The van der Waals surface area contributed by atoms with Crippen LogP contribution in [0.1, 0.15) is 59.4 Å². The van der Waals surface area contributed by atoms with Crippen LogP contribution in [0.5, 0.6) is 5.75 Å². The van der Waals surface area contributed by atoms with E-state index in [0.29, 0.717) is 12.1 Å². The van der Waals surface area contributed by atoms with Crippen LogP contribution < -0.4 is 4.74 Å². The van der Waals surface area contributed by atoms with Gasteiger partial charge in [0.05, 0.1) is 12.2 Å². The van der Waals surface area contributed by atoms with E-state index in [0.717, 1.165) is 50.6 Å². The monoisotopic (exact) mass is 407 g/mol. The molecule has 0 atom stereocenters. The van der Waals surface area contributed by atoms with Gasteiger partial charge in [-0.1, -0.05) is 12.8 Å². The topological polar surface area (TPSA) is 47.4 Å². The number of amides is 1. The number of carbonyl (C=O) groups excluding carboxylic acids is 1. The van der Waals surface area contributed by atoms with Crippen molar-refractivity contribution in [3.8, 4) is 5.75 Å². The lowest BCUT2D eigenvalue weighted by atomic mass is 10.1. The van der Waals surface area contributed by atoms with Gasteiger partial charge < -0.3 is 9.64 Å². The van der Waals surface area contributed by atoms with Crippen molar-refractivity contribution in [3.63, 3.8) is 0 Å². The number of carbonyl (C=O) groups is 1. The Balaban J connectivity index is 1.57. The molecule has 1 heterocycles. The lowest BCUT2D eigenvalue weighted by Crippen LogP contribution is -2.38. The molecule has 1 amide bonds. The highest BCUT2D eigenvalue weighted by Crippen LogP contribution is 2.31. The highest BCUT2D eigenvalue weighted by molar-refractivity contribution is 5.94. The fourth-order valence-electron chi connectivity index (χ4n) is 4.53. The quantitative estimate of drug-likeness (QED) is 0.739. The molecule has 8 heteroatoms. The minimum Gasteiger partial charge on any atom is -0.406 e. The minimum atomic E-state index is -4.75. The largest absolute Gasteiger partial charge is 0.573 e. The molecule has 1 aromatic carbocycles. The summed E-state index contributed by atoms with van der Waals surface area (Å²) >= 11 is 0. The predicted octanol–water partition coefficient (Wildman–Crippen LogP) is 4.39. The van der Waals surface area contributed by atoms with Crippen LogP contribution in [0.3, 0.4) is 0 Å². The maximum atomic E-state index is 13.3. The molecule has 1 aromatic heterocycles. The van der Waals surface area contributed by atoms with Crippen LogP contribution in [0.15, 0.2) is 24.3 Å². The zero-order valence-electron chi connectivity index (χ0n) is 16.3. The Hall–Kier alpha value is -2.51. The number of nitrogens with zero attached hydrogens (tertiary/aromatic N) is 3. The third-order valence-corrected chi connectivity index (χ3v) is 5.88. The van der Waals surface area contributed by atoms with E-state index in [2.05, 4.69) is 9.84 Å². The molecule has 0 unspecified atom stereocenters. The number of ether oxygens (including phenoxy) is 1. The van der Waals surface area contributed by atoms with Gasteiger partial charge in [0.1, 0.15) is 5.75 Å². The van der Waals surface area contributed by atoms with Crippen molar-refractivity contribution in [1.29, 1.82) is 0 Å². The molecule has 0 saturated heterocycles. The van der Waals surface area contributed by atoms with Gasteiger partial charge in [0.25, 0.3) is 5.91 Å². The Bertz CT molecular complexity index is 884. The van der Waals surface area contributed by atoms with Crippen LogP contribution in [0.2, 0.25) is 0 Å². The summed E-state index contributed by atoms with van der Waals surface area (Å²) in [6, 6.07) is 5.30. The lowest BCUT2D eigenvalue weighted by molar-refractivity contribution is -0.274. The number of fused-ring (bicyclic) bond motifs is 1. The number of aryl methyl sites for hydroxylation is 1. The van der Waals surface area contributed by atoms with E-state index in [-0.39, 0.29) is 17.7 Å². The molecular formula is C21H24F3N3O2. The summed E-state index contributed by atoms with van der Waals surface area (Å²) in [4.78, 5) is 15.1. The molecule has 2 aliphatic rings. The second-order valence-electron chi connectivity index (χ2n) is 7.79. The van der Waals surface area contributed by atoms with Gasteiger partial charge in [-0.25, -0.2) is 0 Å². The van der Waals surface area contributed by atoms with Crippen LogP contribution in [-0.2, 0) is 26.4 Å². The fourth-order valence-corrected chi connectivity index (χ4v) is 4.53. The fraction of sp³-hybridized carbons (Fsp3) is 0.524. The Kier molecular flexibility index (Phi) is 5.27. The number of rotatable bonds is 5. The zero-order valence-corrected chi connectivity index (χ0v) is 16.3. The molecular weight excluding hydrogens is 383 g/mol. The van der Waals surface area contributed by atoms with E-state index in [1.807, 2.05) is 16.6 Å². The highest BCUT2D eigenvalue weighted by Gasteiger charge is 2.32. The Labute approximate surface area is 167 Å². The predicted molar refractivity (Wildman–Crippen MR) is 100 cm³/mol. The number of benzene rings is 1. The van der Waals surface area contributed by atoms with E-state index >= 15 is 0 Å². The van der Waals surface area contributed by atoms with Crippen molar-refractivity contribution in [1.82, 2.24) is 14.7 Å². The molecule has 5 nitrogen and oxygen atoms in total. The van der Waals surface area contributed by atoms with E-state index in [9.17, 15) is 18.0 Å². The number of hydrogen-bond acceptors (Lipinski definition) is 3. The summed E-state index contributed by atoms with van der Waals surface area (Å²) < 4.78 is 43.0. The van der Waals surface area contributed by atoms with Crippen molar-refractivity contribution in [3.05, 3.63) is 46.8 Å². The molecule has 2 aliphatic carbocycles. The van der Waals surface area contributed by atoms with Gasteiger partial charge in [-0.3, -0.25) is 9.48 Å². The second kappa shape index (κ2) is 7.72. The summed E-state index contributed by atoms with van der Waals surface area (Å²) in [6.45, 7) is 0.438. The first-order chi connectivity index (χ1) is 13.8. The van der Waals surface area contributed by atoms with Crippen molar-refractivity contribution in [2.75, 3.05) is 0 Å². The van der Waals surface area contributed by atoms with Gasteiger partial charge in [0, 0.05) is 24.3 Å². The van der Waals surface area contributed by atoms with Gasteiger partial charge >= 0.3 is 6.36 Å². The van der Waals surface area contributed by atoms with E-state index in [1.54, 1.807) is 0 Å². The van der Waals surface area contributed by atoms with Crippen LogP contribution in [0.25, 0.3) is 0 Å². The second-order valence-corrected chi connectivity index (χ2v) is 7.79.